The molecule has 30 heavy (non-hydrogen) atoms. The fourth-order valence-electron chi connectivity index (χ4n) is 3.70. The third-order valence-electron chi connectivity index (χ3n) is 5.51. The first kappa shape index (κ1) is 20.2. The highest BCUT2D eigenvalue weighted by molar-refractivity contribution is 5.99. The Hall–Kier alpha value is -3.06. The molecule has 0 saturated carbocycles. The van der Waals surface area contributed by atoms with E-state index in [2.05, 4.69) is 4.90 Å². The minimum Gasteiger partial charge on any atom is -0.497 e. The van der Waals surface area contributed by atoms with Crippen LogP contribution in [0, 0.1) is 12.7 Å². The van der Waals surface area contributed by atoms with E-state index < -0.39 is 5.82 Å². The van der Waals surface area contributed by atoms with Gasteiger partial charge in [-0.15, -0.1) is 0 Å². The van der Waals surface area contributed by atoms with Gasteiger partial charge in [0.15, 0.2) is 17.2 Å². The van der Waals surface area contributed by atoms with Gasteiger partial charge in [-0.05, 0) is 37.3 Å². The number of rotatable bonds is 6. The SMILES string of the molecule is COc1ccc(OCCN2CCN(C(=O)c3oc4c(F)cccc4c3C)CC2)cc1. The fraction of sp³-hybridized carbons (Fsp3) is 0.348. The summed E-state index contributed by atoms with van der Waals surface area (Å²) in [4.78, 5) is 16.9. The van der Waals surface area contributed by atoms with Crippen LogP contribution >= 0.6 is 0 Å². The molecule has 0 N–H and O–H groups in total. The lowest BCUT2D eigenvalue weighted by atomic mass is 10.1. The Labute approximate surface area is 174 Å². The van der Waals surface area contributed by atoms with Crippen LogP contribution in [-0.4, -0.2) is 62.1 Å². The number of hydrogen-bond donors (Lipinski definition) is 0. The van der Waals surface area contributed by atoms with Crippen molar-refractivity contribution in [2.45, 2.75) is 6.92 Å². The summed E-state index contributed by atoms with van der Waals surface area (Å²) in [5.41, 5.74) is 0.831. The van der Waals surface area contributed by atoms with Crippen molar-refractivity contribution in [1.29, 1.82) is 0 Å². The van der Waals surface area contributed by atoms with E-state index in [1.54, 1.807) is 31.1 Å². The number of aryl methyl sites for hydroxylation is 1. The summed E-state index contributed by atoms with van der Waals surface area (Å²) in [6, 6.07) is 12.2. The van der Waals surface area contributed by atoms with Crippen molar-refractivity contribution in [3.05, 3.63) is 59.6 Å². The molecule has 1 saturated heterocycles. The predicted molar refractivity (Wildman–Crippen MR) is 112 cm³/mol. The summed E-state index contributed by atoms with van der Waals surface area (Å²) in [6.07, 6.45) is 0. The van der Waals surface area contributed by atoms with Crippen LogP contribution in [0.25, 0.3) is 11.0 Å². The molecule has 1 amide bonds. The van der Waals surface area contributed by atoms with Gasteiger partial charge in [0.05, 0.1) is 7.11 Å². The molecule has 0 spiro atoms. The topological polar surface area (TPSA) is 55.2 Å². The van der Waals surface area contributed by atoms with Crippen LogP contribution in [0.4, 0.5) is 4.39 Å². The lowest BCUT2D eigenvalue weighted by molar-refractivity contribution is 0.0591. The summed E-state index contributed by atoms with van der Waals surface area (Å²) in [5.74, 6) is 1.20. The number of furan rings is 1. The minimum absolute atomic E-state index is 0.146. The number of carbonyl (C=O) groups is 1. The Kier molecular flexibility index (Phi) is 5.90. The van der Waals surface area contributed by atoms with Crippen molar-refractivity contribution in [3.63, 3.8) is 0 Å². The number of nitrogens with zero attached hydrogens (tertiary/aromatic N) is 2. The van der Waals surface area contributed by atoms with E-state index in [1.165, 1.54) is 6.07 Å². The molecule has 2 aromatic carbocycles. The van der Waals surface area contributed by atoms with E-state index in [0.29, 0.717) is 30.6 Å². The number of para-hydroxylation sites is 1. The maximum atomic E-state index is 14.0. The number of halogens is 1. The number of hydrogen-bond acceptors (Lipinski definition) is 5. The van der Waals surface area contributed by atoms with Gasteiger partial charge in [-0.25, -0.2) is 4.39 Å². The molecule has 0 unspecified atom stereocenters. The van der Waals surface area contributed by atoms with Crippen molar-refractivity contribution in [3.8, 4) is 11.5 Å². The number of benzene rings is 2. The first-order chi connectivity index (χ1) is 14.6. The highest BCUT2D eigenvalue weighted by Gasteiger charge is 2.27. The van der Waals surface area contributed by atoms with Crippen molar-refractivity contribution >= 4 is 16.9 Å². The minimum atomic E-state index is -0.448. The molecule has 0 radical (unpaired) electrons. The highest BCUT2D eigenvalue weighted by Crippen LogP contribution is 2.28. The monoisotopic (exact) mass is 412 g/mol. The number of amides is 1. The van der Waals surface area contributed by atoms with Crippen LogP contribution in [0.2, 0.25) is 0 Å². The van der Waals surface area contributed by atoms with Gasteiger partial charge in [0.2, 0.25) is 0 Å². The second kappa shape index (κ2) is 8.75. The van der Waals surface area contributed by atoms with E-state index in [9.17, 15) is 9.18 Å². The predicted octanol–water partition coefficient (Wildman–Crippen LogP) is 3.73. The molecule has 0 aliphatic carbocycles. The fourth-order valence-corrected chi connectivity index (χ4v) is 3.70. The average molecular weight is 412 g/mol. The summed E-state index contributed by atoms with van der Waals surface area (Å²) in [6.45, 7) is 5.85. The molecule has 4 rings (SSSR count). The zero-order valence-electron chi connectivity index (χ0n) is 17.2. The van der Waals surface area contributed by atoms with Gasteiger partial charge in [-0.1, -0.05) is 12.1 Å². The Balaban J connectivity index is 1.29. The number of fused-ring (bicyclic) bond motifs is 1. The standard InChI is InChI=1S/C23H25FN2O4/c1-16-19-4-3-5-20(24)22(19)30-21(16)23(27)26-12-10-25(11-13-26)14-15-29-18-8-6-17(28-2)7-9-18/h3-9H,10-15H2,1-2H3. The van der Waals surface area contributed by atoms with Gasteiger partial charge in [0, 0.05) is 43.7 Å². The highest BCUT2D eigenvalue weighted by atomic mass is 19.1. The van der Waals surface area contributed by atoms with E-state index >= 15 is 0 Å². The second-order valence-corrected chi connectivity index (χ2v) is 7.33. The summed E-state index contributed by atoms with van der Waals surface area (Å²) in [5, 5.41) is 0.646. The van der Waals surface area contributed by atoms with Crippen molar-refractivity contribution < 1.29 is 23.1 Å². The lowest BCUT2D eigenvalue weighted by Gasteiger charge is -2.34. The van der Waals surface area contributed by atoms with Gasteiger partial charge < -0.3 is 18.8 Å². The Morgan fingerprint density at radius 2 is 1.77 bits per heavy atom. The number of methoxy groups -OCH3 is 1. The van der Waals surface area contributed by atoms with Gasteiger partial charge in [0.25, 0.3) is 5.91 Å². The first-order valence-corrected chi connectivity index (χ1v) is 10.0. The zero-order chi connectivity index (χ0) is 21.1. The average Bonchev–Trinajstić information content (AvgIpc) is 3.12. The van der Waals surface area contributed by atoms with Crippen LogP contribution < -0.4 is 9.47 Å². The Morgan fingerprint density at radius 1 is 1.07 bits per heavy atom. The smallest absolute Gasteiger partial charge is 0.289 e. The molecule has 0 atom stereocenters. The van der Waals surface area contributed by atoms with Gasteiger partial charge in [0.1, 0.15) is 18.1 Å². The molecule has 1 fully saturated rings. The van der Waals surface area contributed by atoms with Crippen LogP contribution in [-0.2, 0) is 0 Å². The van der Waals surface area contributed by atoms with Crippen LogP contribution in [0.15, 0.2) is 46.9 Å². The molecule has 6 nitrogen and oxygen atoms in total. The van der Waals surface area contributed by atoms with Gasteiger partial charge >= 0.3 is 0 Å². The van der Waals surface area contributed by atoms with E-state index in [1.807, 2.05) is 24.3 Å². The third-order valence-corrected chi connectivity index (χ3v) is 5.51. The zero-order valence-corrected chi connectivity index (χ0v) is 17.2. The second-order valence-electron chi connectivity index (χ2n) is 7.33. The summed E-state index contributed by atoms with van der Waals surface area (Å²) in [7, 11) is 1.63. The molecule has 0 bridgehead atoms. The maximum Gasteiger partial charge on any atom is 0.289 e. The van der Waals surface area contributed by atoms with Crippen molar-refractivity contribution in [1.82, 2.24) is 9.80 Å². The van der Waals surface area contributed by atoms with E-state index in [4.69, 9.17) is 13.9 Å². The van der Waals surface area contributed by atoms with Crippen LogP contribution in [0.5, 0.6) is 11.5 Å². The molecular formula is C23H25FN2O4. The molecule has 1 aromatic heterocycles. The van der Waals surface area contributed by atoms with Crippen molar-refractivity contribution in [2.24, 2.45) is 0 Å². The summed E-state index contributed by atoms with van der Waals surface area (Å²) >= 11 is 0. The maximum absolute atomic E-state index is 14.0. The molecule has 1 aliphatic heterocycles. The largest absolute Gasteiger partial charge is 0.497 e. The molecule has 2 heterocycles. The van der Waals surface area contributed by atoms with Crippen LogP contribution in [0.3, 0.4) is 0 Å². The Morgan fingerprint density at radius 3 is 2.43 bits per heavy atom. The summed E-state index contributed by atoms with van der Waals surface area (Å²) < 4.78 is 30.5. The molecule has 158 valence electrons. The Bertz CT molecular complexity index is 1020. The van der Waals surface area contributed by atoms with Gasteiger partial charge in [-0.2, -0.15) is 0 Å². The number of piperazine rings is 1. The lowest BCUT2D eigenvalue weighted by Crippen LogP contribution is -2.49. The number of ether oxygens (including phenoxy) is 2. The molecule has 1 aliphatic rings. The molecule has 3 aromatic rings. The number of carbonyl (C=O) groups excluding carboxylic acids is 1. The third kappa shape index (κ3) is 4.11. The first-order valence-electron chi connectivity index (χ1n) is 10.0. The molecule has 7 heteroatoms. The normalized spacial score (nSPS) is 14.8. The quantitative estimate of drug-likeness (QED) is 0.618. The van der Waals surface area contributed by atoms with Crippen LogP contribution in [0.1, 0.15) is 16.1 Å². The van der Waals surface area contributed by atoms with Gasteiger partial charge in [-0.3, -0.25) is 9.69 Å². The molecular weight excluding hydrogens is 387 g/mol. The van der Waals surface area contributed by atoms with Crippen molar-refractivity contribution in [2.75, 3.05) is 46.4 Å². The van der Waals surface area contributed by atoms with E-state index in [0.717, 1.165) is 31.1 Å². The van der Waals surface area contributed by atoms with E-state index in [-0.39, 0.29) is 17.3 Å².